The average Bonchev–Trinajstić information content (AvgIpc) is 2.28. The Hall–Kier alpha value is -2.11. The molecule has 1 amide bonds. The predicted molar refractivity (Wildman–Crippen MR) is 57.0 cm³/mol. The Bertz CT molecular complexity index is 433. The maximum atomic E-state index is 13.4. The van der Waals surface area contributed by atoms with Gasteiger partial charge in [0.25, 0.3) is 0 Å². The average molecular weight is 241 g/mol. The normalized spacial score (nSPS) is 9.59. The Morgan fingerprint density at radius 3 is 2.65 bits per heavy atom. The minimum atomic E-state index is -0.682. The molecule has 5 nitrogen and oxygen atoms in total. The minimum Gasteiger partial charge on any atom is -0.445 e. The van der Waals surface area contributed by atoms with Crippen LogP contribution in [-0.2, 0) is 16.1 Å². The van der Waals surface area contributed by atoms with Gasteiger partial charge >= 0.3 is 12.1 Å². The number of nitrogens with one attached hydrogen (secondary N) is 1. The lowest BCUT2D eigenvalue weighted by Crippen LogP contribution is -2.18. The number of amides is 1. The van der Waals surface area contributed by atoms with Crippen molar-refractivity contribution in [3.8, 4) is 5.75 Å². The number of hydrogen-bond acceptors (Lipinski definition) is 4. The largest absolute Gasteiger partial charge is 0.445 e. The number of halogens is 1. The first-order chi connectivity index (χ1) is 8.02. The number of ether oxygens (including phenoxy) is 2. The summed E-state index contributed by atoms with van der Waals surface area (Å²) in [5.41, 5.74) is 0.460. The van der Waals surface area contributed by atoms with Crippen LogP contribution in [0.25, 0.3) is 0 Å². The van der Waals surface area contributed by atoms with E-state index in [1.807, 2.05) is 0 Å². The molecule has 0 aromatic heterocycles. The van der Waals surface area contributed by atoms with E-state index < -0.39 is 17.9 Å². The summed E-state index contributed by atoms with van der Waals surface area (Å²) >= 11 is 0. The monoisotopic (exact) mass is 241 g/mol. The first-order valence-corrected chi connectivity index (χ1v) is 4.84. The van der Waals surface area contributed by atoms with Crippen molar-refractivity contribution in [1.29, 1.82) is 0 Å². The molecule has 0 fully saturated rings. The molecule has 0 heterocycles. The van der Waals surface area contributed by atoms with Crippen LogP contribution < -0.4 is 10.1 Å². The van der Waals surface area contributed by atoms with Crippen LogP contribution in [0.4, 0.5) is 9.18 Å². The van der Waals surface area contributed by atoms with Gasteiger partial charge in [-0.2, -0.15) is 0 Å². The molecule has 17 heavy (non-hydrogen) atoms. The van der Waals surface area contributed by atoms with Crippen LogP contribution in [0.3, 0.4) is 0 Å². The fourth-order valence-electron chi connectivity index (χ4n) is 1.09. The molecule has 0 saturated carbocycles. The van der Waals surface area contributed by atoms with Gasteiger partial charge in [-0.05, 0) is 17.7 Å². The maximum Gasteiger partial charge on any atom is 0.407 e. The zero-order valence-electron chi connectivity index (χ0n) is 9.45. The highest BCUT2D eigenvalue weighted by molar-refractivity contribution is 5.69. The number of esters is 1. The number of benzene rings is 1. The maximum absolute atomic E-state index is 13.4. The lowest BCUT2D eigenvalue weighted by molar-refractivity contribution is -0.132. The SMILES string of the molecule is CNC(=O)OCc1ccc(OC(C)=O)c(F)c1. The van der Waals surface area contributed by atoms with E-state index in [0.29, 0.717) is 5.56 Å². The Balaban J connectivity index is 2.68. The molecule has 1 aromatic rings. The Morgan fingerprint density at radius 1 is 1.41 bits per heavy atom. The lowest BCUT2D eigenvalue weighted by Gasteiger charge is -2.06. The van der Waals surface area contributed by atoms with E-state index in [1.54, 1.807) is 0 Å². The van der Waals surface area contributed by atoms with Gasteiger partial charge in [0.1, 0.15) is 6.61 Å². The molecular weight excluding hydrogens is 229 g/mol. The summed E-state index contributed by atoms with van der Waals surface area (Å²) < 4.78 is 22.7. The van der Waals surface area contributed by atoms with Crippen molar-refractivity contribution in [2.24, 2.45) is 0 Å². The molecule has 92 valence electrons. The van der Waals surface area contributed by atoms with Gasteiger partial charge in [-0.25, -0.2) is 9.18 Å². The molecule has 0 spiro atoms. The van der Waals surface area contributed by atoms with Gasteiger partial charge in [0, 0.05) is 14.0 Å². The Kier molecular flexibility index (Phi) is 4.45. The van der Waals surface area contributed by atoms with Gasteiger partial charge in [0.2, 0.25) is 0 Å². The van der Waals surface area contributed by atoms with Crippen molar-refractivity contribution in [3.05, 3.63) is 29.6 Å². The van der Waals surface area contributed by atoms with Gasteiger partial charge in [-0.15, -0.1) is 0 Å². The van der Waals surface area contributed by atoms with E-state index >= 15 is 0 Å². The molecule has 0 atom stereocenters. The molecule has 1 N–H and O–H groups in total. The van der Waals surface area contributed by atoms with Crippen molar-refractivity contribution >= 4 is 12.1 Å². The second-order valence-corrected chi connectivity index (χ2v) is 3.18. The zero-order chi connectivity index (χ0) is 12.8. The standard InChI is InChI=1S/C11H12FNO4/c1-7(14)17-10-4-3-8(5-9(10)12)6-16-11(15)13-2/h3-5H,6H2,1-2H3,(H,13,15). The number of rotatable bonds is 3. The van der Waals surface area contributed by atoms with Gasteiger partial charge in [0.05, 0.1) is 0 Å². The van der Waals surface area contributed by atoms with E-state index in [9.17, 15) is 14.0 Å². The topological polar surface area (TPSA) is 64.6 Å². The quantitative estimate of drug-likeness (QED) is 0.645. The Morgan fingerprint density at radius 2 is 2.12 bits per heavy atom. The van der Waals surface area contributed by atoms with Gasteiger partial charge in [-0.3, -0.25) is 4.79 Å². The van der Waals surface area contributed by atoms with E-state index in [1.165, 1.54) is 26.1 Å². The highest BCUT2D eigenvalue weighted by Crippen LogP contribution is 2.18. The van der Waals surface area contributed by atoms with Gasteiger partial charge in [0.15, 0.2) is 11.6 Å². The second-order valence-electron chi connectivity index (χ2n) is 3.18. The van der Waals surface area contributed by atoms with Crippen molar-refractivity contribution < 1.29 is 23.5 Å². The molecule has 0 unspecified atom stereocenters. The Labute approximate surface area is 97.5 Å². The van der Waals surface area contributed by atoms with Crippen LogP contribution in [0, 0.1) is 5.82 Å². The van der Waals surface area contributed by atoms with Crippen LogP contribution >= 0.6 is 0 Å². The number of alkyl carbamates (subject to hydrolysis) is 1. The number of hydrogen-bond donors (Lipinski definition) is 1. The minimum absolute atomic E-state index is 0.0586. The molecule has 0 radical (unpaired) electrons. The van der Waals surface area contributed by atoms with Gasteiger partial charge < -0.3 is 14.8 Å². The predicted octanol–water partition coefficient (Wildman–Crippen LogP) is 1.61. The third kappa shape index (κ3) is 4.10. The third-order valence-electron chi connectivity index (χ3n) is 1.82. The van der Waals surface area contributed by atoms with E-state index in [4.69, 9.17) is 4.74 Å². The van der Waals surface area contributed by atoms with Crippen LogP contribution in [0.15, 0.2) is 18.2 Å². The first-order valence-electron chi connectivity index (χ1n) is 4.84. The summed E-state index contributed by atoms with van der Waals surface area (Å²) in [5, 5.41) is 2.26. The summed E-state index contributed by atoms with van der Waals surface area (Å²) in [4.78, 5) is 21.4. The summed E-state index contributed by atoms with van der Waals surface area (Å²) in [6.07, 6.45) is -0.602. The third-order valence-corrected chi connectivity index (χ3v) is 1.82. The molecule has 0 aliphatic heterocycles. The van der Waals surface area contributed by atoms with Crippen molar-refractivity contribution in [2.45, 2.75) is 13.5 Å². The summed E-state index contributed by atoms with van der Waals surface area (Å²) in [6, 6.07) is 3.95. The summed E-state index contributed by atoms with van der Waals surface area (Å²) in [5.74, 6) is -1.43. The highest BCUT2D eigenvalue weighted by atomic mass is 19.1. The van der Waals surface area contributed by atoms with Crippen molar-refractivity contribution in [3.63, 3.8) is 0 Å². The summed E-state index contributed by atoms with van der Waals surface area (Å²) in [6.45, 7) is 1.12. The van der Waals surface area contributed by atoms with Gasteiger partial charge in [-0.1, -0.05) is 6.07 Å². The molecule has 0 aliphatic carbocycles. The fourth-order valence-corrected chi connectivity index (χ4v) is 1.09. The highest BCUT2D eigenvalue weighted by Gasteiger charge is 2.08. The van der Waals surface area contributed by atoms with E-state index in [2.05, 4.69) is 10.1 Å². The smallest absolute Gasteiger partial charge is 0.407 e. The van der Waals surface area contributed by atoms with Crippen molar-refractivity contribution in [2.75, 3.05) is 7.05 Å². The summed E-state index contributed by atoms with van der Waals surface area (Å²) in [7, 11) is 1.42. The fraction of sp³-hybridized carbons (Fsp3) is 0.273. The molecule has 1 rings (SSSR count). The van der Waals surface area contributed by atoms with E-state index in [0.717, 1.165) is 6.07 Å². The van der Waals surface area contributed by atoms with Crippen molar-refractivity contribution in [1.82, 2.24) is 5.32 Å². The zero-order valence-corrected chi connectivity index (χ0v) is 9.45. The molecular formula is C11H12FNO4. The second kappa shape index (κ2) is 5.83. The van der Waals surface area contributed by atoms with E-state index in [-0.39, 0.29) is 12.4 Å². The number of carbonyl (C=O) groups is 2. The first kappa shape index (κ1) is 13.0. The molecule has 1 aromatic carbocycles. The molecule has 0 bridgehead atoms. The van der Waals surface area contributed by atoms with Crippen LogP contribution in [0.2, 0.25) is 0 Å². The van der Waals surface area contributed by atoms with Crippen LogP contribution in [0.1, 0.15) is 12.5 Å². The number of carbonyl (C=O) groups excluding carboxylic acids is 2. The van der Waals surface area contributed by atoms with Crippen LogP contribution in [0.5, 0.6) is 5.75 Å². The molecule has 0 saturated heterocycles. The molecule has 6 heteroatoms. The van der Waals surface area contributed by atoms with Crippen LogP contribution in [-0.4, -0.2) is 19.1 Å². The molecule has 0 aliphatic rings. The lowest BCUT2D eigenvalue weighted by atomic mass is 10.2.